The van der Waals surface area contributed by atoms with Crippen LogP contribution >= 0.6 is 23.4 Å². The average molecular weight is 319 g/mol. The largest absolute Gasteiger partial charge is 0.324 e. The number of rotatable bonds is 4. The Bertz CT molecular complexity index is 690. The number of fused-ring (bicyclic) bond motifs is 1. The first kappa shape index (κ1) is 14.4. The van der Waals surface area contributed by atoms with Crippen LogP contribution in [0.5, 0.6) is 0 Å². The molecule has 2 aromatic carbocycles. The van der Waals surface area contributed by atoms with Crippen molar-refractivity contribution in [2.75, 3.05) is 11.9 Å². The summed E-state index contributed by atoms with van der Waals surface area (Å²) in [6.45, 7) is 2.75. The monoisotopic (exact) mass is 318 g/mol. The second-order valence-corrected chi connectivity index (χ2v) is 6.28. The topological polar surface area (TPSA) is 41.1 Å². The third kappa shape index (κ3) is 2.93. The highest BCUT2D eigenvalue weighted by molar-refractivity contribution is 7.99. The average Bonchev–Trinajstić information content (AvgIpc) is 2.78. The van der Waals surface area contributed by atoms with Gasteiger partial charge in [0.1, 0.15) is 6.04 Å². The Morgan fingerprint density at radius 3 is 2.86 bits per heavy atom. The van der Waals surface area contributed by atoms with Crippen LogP contribution in [-0.4, -0.2) is 12.5 Å². The third-order valence-corrected chi connectivity index (χ3v) is 4.84. The van der Waals surface area contributed by atoms with Crippen LogP contribution in [0.25, 0.3) is 0 Å². The van der Waals surface area contributed by atoms with Crippen molar-refractivity contribution >= 4 is 35.0 Å². The molecule has 3 rings (SSSR count). The van der Waals surface area contributed by atoms with Gasteiger partial charge in [-0.1, -0.05) is 48.5 Å². The second-order valence-electron chi connectivity index (χ2n) is 4.76. The molecule has 0 radical (unpaired) electrons. The van der Waals surface area contributed by atoms with Crippen molar-refractivity contribution < 1.29 is 4.79 Å². The Morgan fingerprint density at radius 2 is 2.10 bits per heavy atom. The lowest BCUT2D eigenvalue weighted by Gasteiger charge is -2.09. The molecule has 2 aromatic rings. The molecule has 0 bridgehead atoms. The summed E-state index contributed by atoms with van der Waals surface area (Å²) in [6.07, 6.45) is 0. The number of nitrogens with one attached hydrogen (secondary N) is 2. The minimum atomic E-state index is -0.246. The first-order valence-electron chi connectivity index (χ1n) is 6.79. The molecule has 1 aliphatic heterocycles. The van der Waals surface area contributed by atoms with Crippen molar-refractivity contribution in [2.45, 2.75) is 22.8 Å². The molecule has 21 heavy (non-hydrogen) atoms. The number of anilines is 1. The lowest BCUT2D eigenvalue weighted by atomic mass is 10.1. The van der Waals surface area contributed by atoms with E-state index in [1.807, 2.05) is 49.4 Å². The lowest BCUT2D eigenvalue weighted by molar-refractivity contribution is -0.117. The summed E-state index contributed by atoms with van der Waals surface area (Å²) in [6, 6.07) is 13.5. The molecule has 2 N–H and O–H groups in total. The van der Waals surface area contributed by atoms with Crippen molar-refractivity contribution in [2.24, 2.45) is 0 Å². The molecular formula is C16H15ClN2OS. The van der Waals surface area contributed by atoms with Crippen LogP contribution in [0.2, 0.25) is 5.02 Å². The van der Waals surface area contributed by atoms with Gasteiger partial charge in [0.2, 0.25) is 5.91 Å². The molecule has 1 atom stereocenters. The predicted molar refractivity (Wildman–Crippen MR) is 87.1 cm³/mol. The number of amides is 1. The number of carbonyl (C=O) groups is 1. The van der Waals surface area contributed by atoms with Gasteiger partial charge in [-0.3, -0.25) is 4.79 Å². The summed E-state index contributed by atoms with van der Waals surface area (Å²) in [5.41, 5.74) is 1.88. The summed E-state index contributed by atoms with van der Waals surface area (Å²) in [4.78, 5) is 14.0. The normalized spacial score (nSPS) is 16.7. The van der Waals surface area contributed by atoms with E-state index in [4.69, 9.17) is 11.6 Å². The Morgan fingerprint density at radius 1 is 1.29 bits per heavy atom. The van der Waals surface area contributed by atoms with E-state index in [1.165, 1.54) is 0 Å². The fourth-order valence-corrected chi connectivity index (χ4v) is 3.50. The molecule has 0 spiro atoms. The van der Waals surface area contributed by atoms with E-state index < -0.39 is 0 Å². The van der Waals surface area contributed by atoms with Crippen LogP contribution in [0.4, 0.5) is 5.69 Å². The van der Waals surface area contributed by atoms with Crippen molar-refractivity contribution in [3.63, 3.8) is 0 Å². The Labute approximate surface area is 133 Å². The van der Waals surface area contributed by atoms with Gasteiger partial charge in [0.05, 0.1) is 5.02 Å². The zero-order valence-electron chi connectivity index (χ0n) is 11.5. The highest BCUT2D eigenvalue weighted by Crippen LogP contribution is 2.38. The van der Waals surface area contributed by atoms with Gasteiger partial charge in [-0.05, 0) is 30.8 Å². The van der Waals surface area contributed by atoms with Crippen molar-refractivity contribution in [3.05, 3.63) is 53.1 Å². The van der Waals surface area contributed by atoms with Gasteiger partial charge in [0.25, 0.3) is 0 Å². The van der Waals surface area contributed by atoms with Gasteiger partial charge in [0.15, 0.2) is 0 Å². The summed E-state index contributed by atoms with van der Waals surface area (Å²) in [5.74, 6) is 0.00624. The lowest BCUT2D eigenvalue weighted by Crippen LogP contribution is -2.27. The molecule has 1 aliphatic rings. The number of halogens is 1. The van der Waals surface area contributed by atoms with Crippen LogP contribution in [0.1, 0.15) is 18.5 Å². The van der Waals surface area contributed by atoms with Gasteiger partial charge in [-0.15, -0.1) is 0 Å². The molecule has 1 amide bonds. The van der Waals surface area contributed by atoms with Crippen LogP contribution in [0.3, 0.4) is 0 Å². The maximum Gasteiger partial charge on any atom is 0.246 e. The van der Waals surface area contributed by atoms with Gasteiger partial charge < -0.3 is 10.6 Å². The summed E-state index contributed by atoms with van der Waals surface area (Å²) in [5, 5.41) is 6.85. The van der Waals surface area contributed by atoms with Crippen molar-refractivity contribution in [1.29, 1.82) is 0 Å². The maximum absolute atomic E-state index is 11.9. The molecule has 5 heteroatoms. The van der Waals surface area contributed by atoms with E-state index in [0.717, 1.165) is 32.6 Å². The van der Waals surface area contributed by atoms with Gasteiger partial charge >= 0.3 is 0 Å². The first-order valence-corrected chi connectivity index (χ1v) is 7.99. The van der Waals surface area contributed by atoms with E-state index in [0.29, 0.717) is 0 Å². The number of benzene rings is 2. The molecular weight excluding hydrogens is 304 g/mol. The first-order chi connectivity index (χ1) is 10.2. The van der Waals surface area contributed by atoms with Crippen molar-refractivity contribution in [3.8, 4) is 0 Å². The highest BCUT2D eigenvalue weighted by Gasteiger charge is 2.29. The summed E-state index contributed by atoms with van der Waals surface area (Å²) >= 11 is 7.77. The summed E-state index contributed by atoms with van der Waals surface area (Å²) in [7, 11) is 0. The van der Waals surface area contributed by atoms with E-state index in [9.17, 15) is 4.79 Å². The quantitative estimate of drug-likeness (QED) is 0.892. The Balaban J connectivity index is 1.86. The molecule has 1 unspecified atom stereocenters. The van der Waals surface area contributed by atoms with Crippen LogP contribution in [0.15, 0.2) is 52.3 Å². The molecule has 0 aliphatic carbocycles. The Kier molecular flexibility index (Phi) is 4.19. The minimum absolute atomic E-state index is 0.00624. The zero-order chi connectivity index (χ0) is 14.8. The molecule has 0 fully saturated rings. The summed E-state index contributed by atoms with van der Waals surface area (Å²) < 4.78 is 0. The fourth-order valence-electron chi connectivity index (χ4n) is 2.37. The molecule has 108 valence electrons. The Hall–Kier alpha value is -1.49. The molecule has 0 saturated heterocycles. The molecule has 0 aromatic heterocycles. The maximum atomic E-state index is 11.9. The highest BCUT2D eigenvalue weighted by atomic mass is 35.5. The van der Waals surface area contributed by atoms with E-state index in [1.54, 1.807) is 11.8 Å². The predicted octanol–water partition coefficient (Wildman–Crippen LogP) is 4.09. The molecule has 1 heterocycles. The van der Waals surface area contributed by atoms with Gasteiger partial charge in [-0.2, -0.15) is 0 Å². The third-order valence-electron chi connectivity index (χ3n) is 3.33. The van der Waals surface area contributed by atoms with E-state index in [2.05, 4.69) is 10.6 Å². The number of hydrogen-bond donors (Lipinski definition) is 2. The van der Waals surface area contributed by atoms with Crippen LogP contribution < -0.4 is 10.6 Å². The zero-order valence-corrected chi connectivity index (χ0v) is 13.1. The van der Waals surface area contributed by atoms with E-state index in [-0.39, 0.29) is 11.9 Å². The van der Waals surface area contributed by atoms with Crippen LogP contribution in [-0.2, 0) is 4.79 Å². The molecule has 3 nitrogen and oxygen atoms in total. The number of carbonyl (C=O) groups excluding carboxylic acids is 1. The second kappa shape index (κ2) is 6.10. The fraction of sp³-hybridized carbons (Fsp3) is 0.188. The minimum Gasteiger partial charge on any atom is -0.324 e. The smallest absolute Gasteiger partial charge is 0.246 e. The number of hydrogen-bond acceptors (Lipinski definition) is 3. The molecule has 0 saturated carbocycles. The van der Waals surface area contributed by atoms with E-state index >= 15 is 0 Å². The SMILES string of the molecule is CCNC1C(=O)Nc2cc(Sc3ccccc3Cl)ccc21. The van der Waals surface area contributed by atoms with Crippen LogP contribution in [0, 0.1) is 0 Å². The number of likely N-dealkylation sites (N-methyl/N-ethyl adjacent to an activating group) is 1. The van der Waals surface area contributed by atoms with Crippen molar-refractivity contribution in [1.82, 2.24) is 5.32 Å². The van der Waals surface area contributed by atoms with Gasteiger partial charge in [-0.25, -0.2) is 0 Å². The standard InChI is InChI=1S/C16H15ClN2OS/c1-2-18-15-11-8-7-10(9-13(11)19-16(15)20)21-14-6-4-3-5-12(14)17/h3-9,15,18H,2H2,1H3,(H,19,20). The van der Waals surface area contributed by atoms with Gasteiger partial charge in [0, 0.05) is 21.0 Å².